The molecule has 0 aliphatic carbocycles. The summed E-state index contributed by atoms with van der Waals surface area (Å²) in [6, 6.07) is 0. The molecule has 167 valence electrons. The van der Waals surface area contributed by atoms with Crippen LogP contribution in [0.2, 0.25) is 0 Å². The number of allylic oxidation sites excluding steroid dienone is 13. The highest BCUT2D eigenvalue weighted by Gasteiger charge is 1.93. The van der Waals surface area contributed by atoms with E-state index in [4.69, 9.17) is 6.58 Å². The Labute approximate surface area is 188 Å². The van der Waals surface area contributed by atoms with Crippen LogP contribution in [0.3, 0.4) is 0 Å². The van der Waals surface area contributed by atoms with Crippen molar-refractivity contribution in [3.05, 3.63) is 85.6 Å². The average molecular weight is 408 g/mol. The van der Waals surface area contributed by atoms with Crippen molar-refractivity contribution in [1.82, 2.24) is 0 Å². The van der Waals surface area contributed by atoms with Crippen molar-refractivity contribution in [1.29, 1.82) is 0 Å². The van der Waals surface area contributed by atoms with E-state index in [1.807, 2.05) is 42.5 Å². The number of hydrogen-bond acceptors (Lipinski definition) is 0. The molecule has 0 bridgehead atoms. The number of unbranched alkanes of at least 4 members (excludes halogenated alkanes) is 14. The van der Waals surface area contributed by atoms with Gasteiger partial charge in [0.1, 0.15) is 0 Å². The monoisotopic (exact) mass is 407 g/mol. The first-order chi connectivity index (χ1) is 14.9. The van der Waals surface area contributed by atoms with Gasteiger partial charge in [0.05, 0.1) is 0 Å². The SMILES string of the molecule is [CH]=CC=CC=CC=CC=CC=CC=CCCCCCCCCCCCCCCCC. The summed E-state index contributed by atoms with van der Waals surface area (Å²) in [4.78, 5) is 0. The van der Waals surface area contributed by atoms with Gasteiger partial charge in [0, 0.05) is 0 Å². The number of rotatable bonds is 21. The normalized spacial score (nSPS) is 12.8. The van der Waals surface area contributed by atoms with E-state index >= 15 is 0 Å². The fourth-order valence-electron chi connectivity index (χ4n) is 3.27. The third-order valence-electron chi connectivity index (χ3n) is 5.08. The molecule has 30 heavy (non-hydrogen) atoms. The highest BCUT2D eigenvalue weighted by Crippen LogP contribution is 2.13. The summed E-state index contributed by atoms with van der Waals surface area (Å²) in [5.41, 5.74) is 0. The zero-order valence-corrected chi connectivity index (χ0v) is 19.7. The van der Waals surface area contributed by atoms with E-state index in [-0.39, 0.29) is 0 Å². The largest absolute Gasteiger partial charge is 0.0845 e. The molecule has 0 aromatic carbocycles. The molecule has 0 fully saturated rings. The molecular formula is C30H47. The summed E-state index contributed by atoms with van der Waals surface area (Å²) in [6.07, 6.45) is 47.0. The molecule has 0 amide bonds. The first-order valence-electron chi connectivity index (χ1n) is 12.4. The van der Waals surface area contributed by atoms with Crippen LogP contribution in [0.4, 0.5) is 0 Å². The van der Waals surface area contributed by atoms with Crippen molar-refractivity contribution in [2.24, 2.45) is 0 Å². The van der Waals surface area contributed by atoms with Gasteiger partial charge >= 0.3 is 0 Å². The van der Waals surface area contributed by atoms with Crippen LogP contribution < -0.4 is 0 Å². The summed E-state index contributed by atoms with van der Waals surface area (Å²) in [6.45, 7) is 7.53. The van der Waals surface area contributed by atoms with Gasteiger partial charge < -0.3 is 0 Å². The standard InChI is InChI=1S/C30H47/c1-3-5-7-9-11-13-15-17-19-21-23-25-27-29-30-28-26-24-22-20-18-16-14-12-10-8-6-4-2/h1,3,5,7,9,11,13,15,17,19,21,23,25,27H,4,6,8,10,12,14,16,18,20,22,24,26,28-30H2,2H3. The second-order valence-electron chi connectivity index (χ2n) is 7.93. The predicted molar refractivity (Wildman–Crippen MR) is 139 cm³/mol. The van der Waals surface area contributed by atoms with Crippen molar-refractivity contribution in [3.8, 4) is 0 Å². The van der Waals surface area contributed by atoms with Crippen LogP contribution in [0.15, 0.2) is 79.0 Å². The molecule has 1 radical (unpaired) electrons. The second kappa shape index (κ2) is 27.2. The van der Waals surface area contributed by atoms with Gasteiger partial charge in [0.25, 0.3) is 0 Å². The van der Waals surface area contributed by atoms with Gasteiger partial charge in [0.2, 0.25) is 0 Å². The third kappa shape index (κ3) is 26.2. The molecule has 0 heteroatoms. The molecule has 0 saturated carbocycles. The Balaban J connectivity index is 3.35. The molecule has 0 unspecified atom stereocenters. The zero-order valence-electron chi connectivity index (χ0n) is 19.7. The van der Waals surface area contributed by atoms with Crippen molar-refractivity contribution in [2.75, 3.05) is 0 Å². The molecule has 0 spiro atoms. The summed E-state index contributed by atoms with van der Waals surface area (Å²) >= 11 is 0. The van der Waals surface area contributed by atoms with E-state index in [1.165, 1.54) is 102 Å². The van der Waals surface area contributed by atoms with E-state index in [0.717, 1.165) is 0 Å². The maximum absolute atomic E-state index is 5.24. The Morgan fingerprint density at radius 2 is 0.733 bits per heavy atom. The van der Waals surface area contributed by atoms with E-state index in [1.54, 1.807) is 6.08 Å². The summed E-state index contributed by atoms with van der Waals surface area (Å²) < 4.78 is 0. The minimum absolute atomic E-state index is 1.20. The van der Waals surface area contributed by atoms with E-state index < -0.39 is 0 Å². The Bertz CT molecular complexity index is 510. The van der Waals surface area contributed by atoms with Crippen LogP contribution in [-0.2, 0) is 0 Å². The minimum atomic E-state index is 1.20. The van der Waals surface area contributed by atoms with Crippen LogP contribution in [0.5, 0.6) is 0 Å². The minimum Gasteiger partial charge on any atom is -0.0845 e. The summed E-state index contributed by atoms with van der Waals surface area (Å²) in [5.74, 6) is 0. The molecule has 0 heterocycles. The maximum atomic E-state index is 5.24. The molecule has 0 aromatic heterocycles. The molecule has 0 saturated heterocycles. The summed E-state index contributed by atoms with van der Waals surface area (Å²) in [5, 5.41) is 0. The lowest BCUT2D eigenvalue weighted by Gasteiger charge is -2.02. The smallest absolute Gasteiger partial charge is 0.0348 e. The number of hydrogen-bond donors (Lipinski definition) is 0. The molecule has 0 nitrogen and oxygen atoms in total. The van der Waals surface area contributed by atoms with E-state index in [9.17, 15) is 0 Å². The second-order valence-corrected chi connectivity index (χ2v) is 7.93. The van der Waals surface area contributed by atoms with Crippen LogP contribution in [-0.4, -0.2) is 0 Å². The van der Waals surface area contributed by atoms with Gasteiger partial charge in [-0.25, -0.2) is 0 Å². The van der Waals surface area contributed by atoms with Gasteiger partial charge in [0.15, 0.2) is 0 Å². The van der Waals surface area contributed by atoms with E-state index in [0.29, 0.717) is 0 Å². The van der Waals surface area contributed by atoms with Crippen LogP contribution in [0.1, 0.15) is 103 Å². The van der Waals surface area contributed by atoms with E-state index in [2.05, 4.69) is 31.2 Å². The average Bonchev–Trinajstić information content (AvgIpc) is 2.76. The lowest BCUT2D eigenvalue weighted by atomic mass is 10.0. The van der Waals surface area contributed by atoms with Crippen molar-refractivity contribution in [3.63, 3.8) is 0 Å². The topological polar surface area (TPSA) is 0 Å². The zero-order chi connectivity index (χ0) is 21.8. The lowest BCUT2D eigenvalue weighted by molar-refractivity contribution is 0.536. The van der Waals surface area contributed by atoms with Crippen molar-refractivity contribution >= 4 is 0 Å². The fraction of sp³-hybridized carbons (Fsp3) is 0.533. The van der Waals surface area contributed by atoms with Crippen molar-refractivity contribution < 1.29 is 0 Å². The predicted octanol–water partition coefficient (Wildman–Crippen LogP) is 10.2. The first kappa shape index (κ1) is 28.2. The highest BCUT2D eigenvalue weighted by atomic mass is 14.0. The van der Waals surface area contributed by atoms with Gasteiger partial charge in [-0.15, -0.1) is 0 Å². The maximum Gasteiger partial charge on any atom is -0.0348 e. The summed E-state index contributed by atoms with van der Waals surface area (Å²) in [7, 11) is 0. The molecule has 0 rings (SSSR count). The van der Waals surface area contributed by atoms with Gasteiger partial charge in [-0.2, -0.15) is 0 Å². The van der Waals surface area contributed by atoms with Gasteiger partial charge in [-0.05, 0) is 12.8 Å². The molecule has 0 N–H and O–H groups in total. The Kier molecular flexibility index (Phi) is 25.5. The van der Waals surface area contributed by atoms with Crippen molar-refractivity contribution in [2.45, 2.75) is 103 Å². The first-order valence-corrected chi connectivity index (χ1v) is 12.4. The van der Waals surface area contributed by atoms with Gasteiger partial charge in [-0.3, -0.25) is 0 Å². The Morgan fingerprint density at radius 1 is 0.400 bits per heavy atom. The van der Waals surface area contributed by atoms with Crippen LogP contribution in [0, 0.1) is 6.58 Å². The Morgan fingerprint density at radius 3 is 1.13 bits per heavy atom. The van der Waals surface area contributed by atoms with Crippen LogP contribution in [0.25, 0.3) is 0 Å². The van der Waals surface area contributed by atoms with Gasteiger partial charge in [-0.1, -0.05) is 176 Å². The molecule has 0 aliphatic rings. The third-order valence-corrected chi connectivity index (χ3v) is 5.08. The molecule has 0 aliphatic heterocycles. The quantitative estimate of drug-likeness (QED) is 0.131. The molecule has 0 atom stereocenters. The van der Waals surface area contributed by atoms with Crippen LogP contribution >= 0.6 is 0 Å². The highest BCUT2D eigenvalue weighted by molar-refractivity contribution is 5.20. The fourth-order valence-corrected chi connectivity index (χ4v) is 3.27. The Hall–Kier alpha value is -1.82. The lowest BCUT2D eigenvalue weighted by Crippen LogP contribution is -1.83. The molecular weight excluding hydrogens is 360 g/mol. The molecule has 0 aromatic rings.